The monoisotopic (exact) mass is 376 g/mol. The summed E-state index contributed by atoms with van der Waals surface area (Å²) in [4.78, 5) is 12.2. The van der Waals surface area contributed by atoms with Crippen LogP contribution in [0.25, 0.3) is 11.1 Å². The van der Waals surface area contributed by atoms with Gasteiger partial charge in [0.25, 0.3) is 15.6 Å². The van der Waals surface area contributed by atoms with E-state index in [4.69, 9.17) is 4.74 Å². The summed E-state index contributed by atoms with van der Waals surface area (Å²) in [5, 5.41) is 0.854. The molecule has 7 heteroatoms. The fourth-order valence-corrected chi connectivity index (χ4v) is 3.10. The van der Waals surface area contributed by atoms with Gasteiger partial charge in [-0.3, -0.25) is 9.52 Å². The molecule has 0 amide bonds. The molecule has 140 valence electrons. The van der Waals surface area contributed by atoms with Gasteiger partial charge in [-0.25, -0.2) is 8.42 Å². The van der Waals surface area contributed by atoms with Crippen molar-refractivity contribution >= 4 is 15.7 Å². The van der Waals surface area contributed by atoms with Crippen molar-refractivity contribution in [1.29, 1.82) is 0 Å². The molecule has 0 saturated heterocycles. The molecule has 6 nitrogen and oxygen atoms in total. The minimum Gasteiger partial charge on any atom is -0.490 e. The summed E-state index contributed by atoms with van der Waals surface area (Å²) >= 11 is 0. The number of ether oxygens (including phenoxy) is 1. The Balaban J connectivity index is 2.65. The predicted molar refractivity (Wildman–Crippen MR) is 105 cm³/mol. The maximum atomic E-state index is 12.2. The van der Waals surface area contributed by atoms with E-state index in [9.17, 15) is 13.2 Å². The van der Waals surface area contributed by atoms with E-state index in [1.807, 2.05) is 26.8 Å². The zero-order valence-electron chi connectivity index (χ0n) is 15.4. The van der Waals surface area contributed by atoms with Gasteiger partial charge in [0.1, 0.15) is 5.75 Å². The van der Waals surface area contributed by atoms with E-state index >= 15 is 0 Å². The number of hydrogen-bond acceptors (Lipinski definition) is 4. The quantitative estimate of drug-likeness (QED) is 0.804. The number of pyridine rings is 1. The number of anilines is 1. The van der Waals surface area contributed by atoms with E-state index in [0.717, 1.165) is 11.0 Å². The normalized spacial score (nSPS) is 11.4. The third-order valence-electron chi connectivity index (χ3n) is 3.77. The second-order valence-electron chi connectivity index (χ2n) is 6.21. The van der Waals surface area contributed by atoms with Gasteiger partial charge < -0.3 is 9.30 Å². The number of sulfonamides is 1. The van der Waals surface area contributed by atoms with Gasteiger partial charge in [-0.15, -0.1) is 0 Å². The lowest BCUT2D eigenvalue weighted by molar-refractivity contribution is 0.243. The number of nitrogens with zero attached hydrogens (tertiary/aromatic N) is 1. The molecule has 2 rings (SSSR count). The Labute approximate surface area is 154 Å². The molecule has 2 aromatic rings. The standard InChI is InChI=1S/C19H24N2O4S/c1-6-14-10-15(12-21(5)19(14)22)17-11-16(20-26(23,24)7-2)8-9-18(17)25-13(3)4/h7-13,20H,2,6H2,1,3-5H3. The number of hydrogen-bond donors (Lipinski definition) is 1. The molecular formula is C19H24N2O4S. The van der Waals surface area contributed by atoms with Crippen molar-refractivity contribution in [1.82, 2.24) is 4.57 Å². The number of aryl methyl sites for hydroxylation is 2. The van der Waals surface area contributed by atoms with Crippen LogP contribution in [0.3, 0.4) is 0 Å². The van der Waals surface area contributed by atoms with Crippen LogP contribution in [-0.4, -0.2) is 19.1 Å². The first-order valence-electron chi connectivity index (χ1n) is 8.32. The maximum Gasteiger partial charge on any atom is 0.254 e. The molecule has 0 unspecified atom stereocenters. The van der Waals surface area contributed by atoms with E-state index in [1.165, 1.54) is 4.57 Å². The van der Waals surface area contributed by atoms with Crippen LogP contribution in [0.15, 0.2) is 47.2 Å². The van der Waals surface area contributed by atoms with E-state index < -0.39 is 10.0 Å². The molecule has 0 spiro atoms. The highest BCUT2D eigenvalue weighted by Gasteiger charge is 2.14. The molecule has 0 aliphatic heterocycles. The Hall–Kier alpha value is -2.54. The first-order valence-corrected chi connectivity index (χ1v) is 9.87. The Morgan fingerprint density at radius 2 is 2.00 bits per heavy atom. The van der Waals surface area contributed by atoms with Gasteiger partial charge in [0.15, 0.2) is 0 Å². The van der Waals surface area contributed by atoms with Gasteiger partial charge in [-0.1, -0.05) is 13.5 Å². The highest BCUT2D eigenvalue weighted by Crippen LogP contribution is 2.33. The molecule has 0 bridgehead atoms. The minimum absolute atomic E-state index is 0.0499. The zero-order chi connectivity index (χ0) is 19.5. The molecule has 26 heavy (non-hydrogen) atoms. The van der Waals surface area contributed by atoms with Crippen LogP contribution < -0.4 is 15.0 Å². The predicted octanol–water partition coefficient (Wildman–Crippen LogP) is 3.29. The summed E-state index contributed by atoms with van der Waals surface area (Å²) < 4.78 is 33.4. The topological polar surface area (TPSA) is 77.4 Å². The van der Waals surface area contributed by atoms with Crippen molar-refractivity contribution in [3.63, 3.8) is 0 Å². The Bertz CT molecular complexity index is 976. The van der Waals surface area contributed by atoms with Crippen molar-refractivity contribution in [2.45, 2.75) is 33.3 Å². The van der Waals surface area contributed by atoms with Crippen LogP contribution in [0, 0.1) is 0 Å². The SMILES string of the molecule is C=CS(=O)(=O)Nc1ccc(OC(C)C)c(-c2cc(CC)c(=O)n(C)c2)c1. The van der Waals surface area contributed by atoms with E-state index in [1.54, 1.807) is 31.4 Å². The van der Waals surface area contributed by atoms with Crippen molar-refractivity contribution in [3.8, 4) is 16.9 Å². The summed E-state index contributed by atoms with van der Waals surface area (Å²) in [6.45, 7) is 9.04. The molecule has 0 aliphatic carbocycles. The number of rotatable bonds is 7. The largest absolute Gasteiger partial charge is 0.490 e. The van der Waals surface area contributed by atoms with Crippen LogP contribution >= 0.6 is 0 Å². The summed E-state index contributed by atoms with van der Waals surface area (Å²) in [5.41, 5.74) is 2.50. The fourth-order valence-electron chi connectivity index (χ4n) is 2.56. The highest BCUT2D eigenvalue weighted by molar-refractivity contribution is 7.95. The Morgan fingerprint density at radius 1 is 1.31 bits per heavy atom. The molecule has 0 saturated carbocycles. The first kappa shape index (κ1) is 19.8. The third-order valence-corrected chi connectivity index (χ3v) is 4.73. The van der Waals surface area contributed by atoms with Gasteiger partial charge in [0.2, 0.25) is 0 Å². The van der Waals surface area contributed by atoms with Crippen LogP contribution in [-0.2, 0) is 23.5 Å². The van der Waals surface area contributed by atoms with Crippen molar-refractivity contribution in [2.75, 3.05) is 4.72 Å². The van der Waals surface area contributed by atoms with Gasteiger partial charge in [0.05, 0.1) is 6.10 Å². The average Bonchev–Trinajstić information content (AvgIpc) is 2.58. The molecule has 1 aromatic carbocycles. The van der Waals surface area contributed by atoms with Crippen molar-refractivity contribution in [2.24, 2.45) is 7.05 Å². The molecule has 1 aromatic heterocycles. The van der Waals surface area contributed by atoms with Crippen LogP contribution in [0.5, 0.6) is 5.75 Å². The summed E-state index contributed by atoms with van der Waals surface area (Å²) in [6.07, 6.45) is 2.27. The van der Waals surface area contributed by atoms with Crippen molar-refractivity contribution < 1.29 is 13.2 Å². The smallest absolute Gasteiger partial charge is 0.254 e. The van der Waals surface area contributed by atoms with Gasteiger partial charge in [-0.05, 0) is 44.5 Å². The average molecular weight is 376 g/mol. The second kappa shape index (κ2) is 7.78. The highest BCUT2D eigenvalue weighted by atomic mass is 32.2. The van der Waals surface area contributed by atoms with E-state index in [2.05, 4.69) is 11.3 Å². The van der Waals surface area contributed by atoms with E-state index in [-0.39, 0.29) is 11.7 Å². The molecule has 0 atom stereocenters. The lowest BCUT2D eigenvalue weighted by Crippen LogP contribution is -2.20. The lowest BCUT2D eigenvalue weighted by atomic mass is 10.0. The van der Waals surface area contributed by atoms with E-state index in [0.29, 0.717) is 29.0 Å². The van der Waals surface area contributed by atoms with Crippen LogP contribution in [0.1, 0.15) is 26.3 Å². The second-order valence-corrected chi connectivity index (χ2v) is 7.84. The summed E-state index contributed by atoms with van der Waals surface area (Å²) in [5.74, 6) is 0.613. The Kier molecular flexibility index (Phi) is 5.92. The molecule has 1 N–H and O–H groups in total. The Morgan fingerprint density at radius 3 is 2.58 bits per heavy atom. The lowest BCUT2D eigenvalue weighted by Gasteiger charge is -2.17. The van der Waals surface area contributed by atoms with Gasteiger partial charge in [0, 0.05) is 41.0 Å². The molecular weight excluding hydrogens is 352 g/mol. The molecule has 0 fully saturated rings. The maximum absolute atomic E-state index is 12.2. The first-order chi connectivity index (χ1) is 12.2. The van der Waals surface area contributed by atoms with Crippen LogP contribution in [0.2, 0.25) is 0 Å². The van der Waals surface area contributed by atoms with Crippen LogP contribution in [0.4, 0.5) is 5.69 Å². The van der Waals surface area contributed by atoms with Gasteiger partial charge >= 0.3 is 0 Å². The third kappa shape index (κ3) is 4.54. The molecule has 1 heterocycles. The minimum atomic E-state index is -3.62. The zero-order valence-corrected chi connectivity index (χ0v) is 16.3. The number of nitrogens with one attached hydrogen (secondary N) is 1. The summed E-state index contributed by atoms with van der Waals surface area (Å²) in [7, 11) is -1.92. The number of benzene rings is 1. The van der Waals surface area contributed by atoms with Crippen molar-refractivity contribution in [3.05, 3.63) is 58.4 Å². The summed E-state index contributed by atoms with van der Waals surface area (Å²) in [6, 6.07) is 6.85. The van der Waals surface area contributed by atoms with Gasteiger partial charge in [-0.2, -0.15) is 0 Å². The molecule has 0 aliphatic rings. The number of aromatic nitrogens is 1. The fraction of sp³-hybridized carbons (Fsp3) is 0.316. The molecule has 0 radical (unpaired) electrons.